The number of fused-ring (bicyclic) bond motifs is 1. The van der Waals surface area contributed by atoms with Crippen LogP contribution in [0.25, 0.3) is 0 Å². The second-order valence-corrected chi connectivity index (χ2v) is 7.40. The Balaban J connectivity index is 1.88. The van der Waals surface area contributed by atoms with Gasteiger partial charge in [-0.1, -0.05) is 19.6 Å². The van der Waals surface area contributed by atoms with E-state index in [1.807, 2.05) is 13.8 Å². The van der Waals surface area contributed by atoms with E-state index in [2.05, 4.69) is 6.58 Å². The van der Waals surface area contributed by atoms with Crippen LogP contribution in [0.2, 0.25) is 0 Å². The van der Waals surface area contributed by atoms with Crippen molar-refractivity contribution in [3.8, 4) is 5.75 Å². The van der Waals surface area contributed by atoms with Crippen LogP contribution in [-0.4, -0.2) is 37.9 Å². The normalized spacial score (nSPS) is 24.2. The molecule has 1 aliphatic heterocycles. The standard InChI is InChI=1S/C22H25FO6/c1-5-6-27-21(25)16-11-22(20(10-18(16)24)28-12-29-22)14(3)8-15-7-13(2)19(26-4)9-17(15)23/h5,7,9-10,14,16H,1,6,8,11-12H2,2-4H3/t14-,16+,22+/m0/s1. The molecule has 1 aliphatic carbocycles. The van der Waals surface area contributed by atoms with Crippen molar-refractivity contribution >= 4 is 11.8 Å². The molecule has 0 radical (unpaired) electrons. The molecule has 0 spiro atoms. The lowest BCUT2D eigenvalue weighted by Gasteiger charge is -2.37. The number of methoxy groups -OCH3 is 1. The number of allylic oxidation sites excluding steroid dienone is 1. The summed E-state index contributed by atoms with van der Waals surface area (Å²) in [6.45, 7) is 7.24. The lowest BCUT2D eigenvalue weighted by molar-refractivity contribution is -0.154. The summed E-state index contributed by atoms with van der Waals surface area (Å²) in [6.07, 6.45) is 3.17. The molecular formula is C22H25FO6. The fourth-order valence-corrected chi connectivity index (χ4v) is 3.97. The number of hydrogen-bond acceptors (Lipinski definition) is 6. The number of benzene rings is 1. The number of ether oxygens (including phenoxy) is 4. The smallest absolute Gasteiger partial charge is 0.317 e. The molecule has 156 valence electrons. The molecule has 7 heteroatoms. The Morgan fingerprint density at radius 2 is 2.24 bits per heavy atom. The number of aryl methyl sites for hydroxylation is 1. The molecule has 0 amide bonds. The molecule has 0 saturated carbocycles. The Morgan fingerprint density at radius 3 is 2.93 bits per heavy atom. The van der Waals surface area contributed by atoms with Crippen molar-refractivity contribution in [2.75, 3.05) is 20.5 Å². The van der Waals surface area contributed by atoms with Crippen molar-refractivity contribution in [2.45, 2.75) is 32.3 Å². The van der Waals surface area contributed by atoms with E-state index in [9.17, 15) is 14.0 Å². The van der Waals surface area contributed by atoms with Crippen LogP contribution in [0, 0.1) is 24.6 Å². The van der Waals surface area contributed by atoms with Crippen LogP contribution in [0.3, 0.4) is 0 Å². The third kappa shape index (κ3) is 3.92. The summed E-state index contributed by atoms with van der Waals surface area (Å²) in [5.74, 6) is -1.78. The summed E-state index contributed by atoms with van der Waals surface area (Å²) in [5.41, 5.74) is 0.326. The second kappa shape index (κ2) is 8.37. The van der Waals surface area contributed by atoms with E-state index >= 15 is 0 Å². The highest BCUT2D eigenvalue weighted by Crippen LogP contribution is 2.46. The average Bonchev–Trinajstić information content (AvgIpc) is 3.11. The number of carbonyl (C=O) groups excluding carboxylic acids is 2. The maximum atomic E-state index is 14.6. The van der Waals surface area contributed by atoms with Gasteiger partial charge in [0, 0.05) is 18.6 Å². The van der Waals surface area contributed by atoms with E-state index in [0.29, 0.717) is 23.5 Å². The van der Waals surface area contributed by atoms with E-state index in [4.69, 9.17) is 18.9 Å². The van der Waals surface area contributed by atoms with Crippen LogP contribution in [-0.2, 0) is 30.2 Å². The van der Waals surface area contributed by atoms with Crippen LogP contribution in [0.15, 0.2) is 36.6 Å². The number of hydrogen-bond donors (Lipinski definition) is 0. The molecule has 3 atom stereocenters. The molecule has 0 bridgehead atoms. The van der Waals surface area contributed by atoms with Crippen molar-refractivity contribution in [2.24, 2.45) is 11.8 Å². The van der Waals surface area contributed by atoms with Crippen LogP contribution >= 0.6 is 0 Å². The van der Waals surface area contributed by atoms with Crippen molar-refractivity contribution in [3.63, 3.8) is 0 Å². The van der Waals surface area contributed by atoms with Gasteiger partial charge in [-0.25, -0.2) is 4.39 Å². The number of rotatable bonds is 7. The van der Waals surface area contributed by atoms with Crippen LogP contribution in [0.5, 0.6) is 5.75 Å². The second-order valence-electron chi connectivity index (χ2n) is 7.40. The molecule has 29 heavy (non-hydrogen) atoms. The Hall–Kier alpha value is -2.67. The van der Waals surface area contributed by atoms with Gasteiger partial charge in [-0.05, 0) is 36.5 Å². The van der Waals surface area contributed by atoms with Gasteiger partial charge in [0.2, 0.25) is 0 Å². The third-order valence-corrected chi connectivity index (χ3v) is 5.59. The lowest BCUT2D eigenvalue weighted by Crippen LogP contribution is -2.47. The summed E-state index contributed by atoms with van der Waals surface area (Å²) >= 11 is 0. The number of ketones is 1. The van der Waals surface area contributed by atoms with E-state index < -0.39 is 17.5 Å². The van der Waals surface area contributed by atoms with Crippen LogP contribution in [0.4, 0.5) is 4.39 Å². The molecule has 1 saturated heterocycles. The molecule has 1 aromatic rings. The summed E-state index contributed by atoms with van der Waals surface area (Å²) in [7, 11) is 1.49. The first-order valence-electron chi connectivity index (χ1n) is 9.45. The molecule has 1 heterocycles. The molecule has 0 N–H and O–H groups in total. The van der Waals surface area contributed by atoms with Crippen molar-refractivity contribution in [1.29, 1.82) is 0 Å². The number of esters is 1. The predicted octanol–water partition coefficient (Wildman–Crippen LogP) is 3.27. The van der Waals surface area contributed by atoms with Gasteiger partial charge >= 0.3 is 5.97 Å². The van der Waals surface area contributed by atoms with Crippen LogP contribution in [0.1, 0.15) is 24.5 Å². The zero-order valence-corrected chi connectivity index (χ0v) is 16.8. The largest absolute Gasteiger partial charge is 0.496 e. The van der Waals surface area contributed by atoms with Gasteiger partial charge in [-0.2, -0.15) is 0 Å². The lowest BCUT2D eigenvalue weighted by atomic mass is 9.72. The SMILES string of the molecule is C=CCOC(=O)[C@@H]1C[C@]2([C@@H](C)Cc3cc(C)c(OC)cc3F)OCOC2=CC1=O. The van der Waals surface area contributed by atoms with E-state index in [0.717, 1.165) is 5.56 Å². The highest BCUT2D eigenvalue weighted by atomic mass is 19.1. The molecule has 3 rings (SSSR count). The Kier molecular flexibility index (Phi) is 6.07. The van der Waals surface area contributed by atoms with Gasteiger partial charge in [-0.15, -0.1) is 0 Å². The van der Waals surface area contributed by atoms with Gasteiger partial charge in [0.15, 0.2) is 12.6 Å². The molecule has 1 fully saturated rings. The number of carbonyl (C=O) groups is 2. The Morgan fingerprint density at radius 1 is 1.48 bits per heavy atom. The van der Waals surface area contributed by atoms with Gasteiger partial charge < -0.3 is 18.9 Å². The van der Waals surface area contributed by atoms with Crippen LogP contribution < -0.4 is 4.74 Å². The van der Waals surface area contributed by atoms with E-state index in [1.54, 1.807) is 6.07 Å². The highest BCUT2D eigenvalue weighted by molar-refractivity contribution is 6.06. The fourth-order valence-electron chi connectivity index (χ4n) is 3.97. The first-order chi connectivity index (χ1) is 13.8. The molecule has 0 unspecified atom stereocenters. The summed E-state index contributed by atoms with van der Waals surface area (Å²) in [6, 6.07) is 3.10. The summed E-state index contributed by atoms with van der Waals surface area (Å²) in [5, 5.41) is 0. The fraction of sp³-hybridized carbons (Fsp3) is 0.455. The maximum Gasteiger partial charge on any atom is 0.317 e. The van der Waals surface area contributed by atoms with Crippen molar-refractivity contribution in [3.05, 3.63) is 53.6 Å². The molecular weight excluding hydrogens is 379 g/mol. The zero-order valence-electron chi connectivity index (χ0n) is 16.8. The first kappa shape index (κ1) is 21.0. The minimum Gasteiger partial charge on any atom is -0.496 e. The quantitative estimate of drug-likeness (QED) is 0.395. The Bertz CT molecular complexity index is 861. The monoisotopic (exact) mass is 404 g/mol. The van der Waals surface area contributed by atoms with E-state index in [1.165, 1.54) is 25.3 Å². The topological polar surface area (TPSA) is 71.1 Å². The number of halogens is 1. The Labute approximate surface area is 169 Å². The third-order valence-electron chi connectivity index (χ3n) is 5.59. The van der Waals surface area contributed by atoms with Gasteiger partial charge in [0.1, 0.15) is 35.5 Å². The maximum absolute atomic E-state index is 14.6. The first-order valence-corrected chi connectivity index (χ1v) is 9.45. The van der Waals surface area contributed by atoms with E-state index in [-0.39, 0.29) is 37.3 Å². The minimum absolute atomic E-state index is 0.0232. The molecule has 6 nitrogen and oxygen atoms in total. The van der Waals surface area contributed by atoms with Crippen molar-refractivity contribution < 1.29 is 32.9 Å². The van der Waals surface area contributed by atoms with Crippen molar-refractivity contribution in [1.82, 2.24) is 0 Å². The van der Waals surface area contributed by atoms with Gasteiger partial charge in [0.05, 0.1) is 7.11 Å². The zero-order chi connectivity index (χ0) is 21.2. The molecule has 1 aromatic carbocycles. The van der Waals surface area contributed by atoms with Gasteiger partial charge in [-0.3, -0.25) is 9.59 Å². The molecule has 0 aromatic heterocycles. The predicted molar refractivity (Wildman–Crippen MR) is 103 cm³/mol. The van der Waals surface area contributed by atoms with Gasteiger partial charge in [0.25, 0.3) is 0 Å². The molecule has 2 aliphatic rings. The minimum atomic E-state index is -0.995. The summed E-state index contributed by atoms with van der Waals surface area (Å²) < 4.78 is 36.3. The average molecular weight is 404 g/mol. The highest BCUT2D eigenvalue weighted by Gasteiger charge is 2.54. The summed E-state index contributed by atoms with van der Waals surface area (Å²) in [4.78, 5) is 24.8.